The van der Waals surface area contributed by atoms with Crippen LogP contribution in [0.3, 0.4) is 0 Å². The van der Waals surface area contributed by atoms with Gasteiger partial charge in [0.25, 0.3) is 0 Å². The highest BCUT2D eigenvalue weighted by molar-refractivity contribution is 5.30. The molecule has 2 unspecified atom stereocenters. The summed E-state index contributed by atoms with van der Waals surface area (Å²) < 4.78 is 19.6. The number of hydrogen-bond acceptors (Lipinski definition) is 2. The minimum Gasteiger partial charge on any atom is -0.378 e. The maximum Gasteiger partial charge on any atom is 0.141 e. The van der Waals surface area contributed by atoms with Crippen LogP contribution in [0, 0.1) is 5.92 Å². The Hall–Kier alpha value is -0.930. The van der Waals surface area contributed by atoms with Crippen LogP contribution in [0.2, 0.25) is 0 Å². The smallest absolute Gasteiger partial charge is 0.141 e. The molecule has 2 nitrogen and oxygen atoms in total. The molecular weight excluding hydrogens is 277 g/mol. The molecule has 2 saturated heterocycles. The molecule has 2 rings (SSSR count). The van der Waals surface area contributed by atoms with Crippen molar-refractivity contribution in [3.8, 4) is 0 Å². The van der Waals surface area contributed by atoms with E-state index in [0.717, 1.165) is 37.9 Å². The topological polar surface area (TPSA) is 12.5 Å². The lowest BCUT2D eigenvalue weighted by Crippen LogP contribution is -2.59. The monoisotopic (exact) mass is 307 g/mol. The van der Waals surface area contributed by atoms with Crippen molar-refractivity contribution >= 4 is 0 Å². The highest BCUT2D eigenvalue weighted by Crippen LogP contribution is 2.35. The predicted octanol–water partition coefficient (Wildman–Crippen LogP) is 4.29. The molecule has 2 atom stereocenters. The van der Waals surface area contributed by atoms with Crippen molar-refractivity contribution < 1.29 is 9.13 Å². The summed E-state index contributed by atoms with van der Waals surface area (Å²) in [4.78, 5) is 2.35. The van der Waals surface area contributed by atoms with Crippen LogP contribution in [0.5, 0.6) is 0 Å². The largest absolute Gasteiger partial charge is 0.378 e. The second-order valence-electron chi connectivity index (χ2n) is 6.87. The van der Waals surface area contributed by atoms with Crippen molar-refractivity contribution in [2.45, 2.75) is 51.7 Å². The maximum absolute atomic E-state index is 14.3. The van der Waals surface area contributed by atoms with Crippen LogP contribution in [0.4, 0.5) is 4.39 Å². The van der Waals surface area contributed by atoms with E-state index >= 15 is 0 Å². The van der Waals surface area contributed by atoms with Gasteiger partial charge in [-0.1, -0.05) is 30.4 Å². The van der Waals surface area contributed by atoms with E-state index in [1.165, 1.54) is 5.57 Å². The zero-order chi connectivity index (χ0) is 16.2. The van der Waals surface area contributed by atoms with Crippen LogP contribution in [-0.4, -0.2) is 42.9 Å². The SMILES string of the molecule is C=C(/C=C\C)/C=C(\C)C1CCN(C2(C)CCOCC2F)CC1. The Labute approximate surface area is 134 Å². The molecule has 0 radical (unpaired) electrons. The average Bonchev–Trinajstić information content (AvgIpc) is 2.50. The molecule has 0 aliphatic carbocycles. The molecule has 2 aliphatic heterocycles. The van der Waals surface area contributed by atoms with Crippen molar-refractivity contribution in [3.05, 3.63) is 36.0 Å². The van der Waals surface area contributed by atoms with Crippen LogP contribution in [0.25, 0.3) is 0 Å². The zero-order valence-electron chi connectivity index (χ0n) is 14.3. The lowest BCUT2D eigenvalue weighted by atomic mass is 9.83. The second-order valence-corrected chi connectivity index (χ2v) is 6.87. The van der Waals surface area contributed by atoms with Gasteiger partial charge in [-0.15, -0.1) is 0 Å². The lowest BCUT2D eigenvalue weighted by Gasteiger charge is -2.48. The van der Waals surface area contributed by atoms with Crippen molar-refractivity contribution in [1.29, 1.82) is 0 Å². The quantitative estimate of drug-likeness (QED) is 0.718. The standard InChI is InChI=1S/C19H30FNO/c1-5-6-15(2)13-16(3)17-7-10-21(11-8-17)19(4)9-12-22-14-18(19)20/h5-6,13,17-18H,2,7-12,14H2,1,3-4H3/b6-5-,16-13+. The number of nitrogens with zero attached hydrogens (tertiary/aromatic N) is 1. The van der Waals surface area contributed by atoms with E-state index in [9.17, 15) is 4.39 Å². The highest BCUT2D eigenvalue weighted by Gasteiger charge is 2.43. The molecular formula is C19H30FNO. The first-order valence-corrected chi connectivity index (χ1v) is 8.44. The molecule has 3 heteroatoms. The third-order valence-corrected chi connectivity index (χ3v) is 5.35. The van der Waals surface area contributed by atoms with Gasteiger partial charge < -0.3 is 4.74 Å². The first-order valence-electron chi connectivity index (χ1n) is 8.44. The van der Waals surface area contributed by atoms with Crippen LogP contribution >= 0.6 is 0 Å². The number of allylic oxidation sites excluding steroid dienone is 5. The van der Waals surface area contributed by atoms with Gasteiger partial charge in [-0.3, -0.25) is 4.90 Å². The van der Waals surface area contributed by atoms with E-state index in [-0.39, 0.29) is 12.1 Å². The highest BCUT2D eigenvalue weighted by atomic mass is 19.1. The van der Waals surface area contributed by atoms with Crippen LogP contribution in [0.15, 0.2) is 36.0 Å². The van der Waals surface area contributed by atoms with Gasteiger partial charge >= 0.3 is 0 Å². The predicted molar refractivity (Wildman–Crippen MR) is 90.7 cm³/mol. The van der Waals surface area contributed by atoms with Crippen molar-refractivity contribution in [3.63, 3.8) is 0 Å². The summed E-state index contributed by atoms with van der Waals surface area (Å²) in [6, 6.07) is 0. The molecule has 0 amide bonds. The van der Waals surface area contributed by atoms with Gasteiger partial charge in [0, 0.05) is 6.61 Å². The number of ether oxygens (including phenoxy) is 1. The van der Waals surface area contributed by atoms with Crippen LogP contribution in [-0.2, 0) is 4.74 Å². The average molecular weight is 307 g/mol. The summed E-state index contributed by atoms with van der Waals surface area (Å²) in [7, 11) is 0. The molecule has 0 aromatic heterocycles. The summed E-state index contributed by atoms with van der Waals surface area (Å²) in [6.45, 7) is 13.2. The lowest BCUT2D eigenvalue weighted by molar-refractivity contribution is -0.0873. The number of rotatable bonds is 4. The molecule has 2 heterocycles. The molecule has 2 fully saturated rings. The molecule has 0 saturated carbocycles. The molecule has 0 aromatic rings. The van der Waals surface area contributed by atoms with Gasteiger partial charge in [0.2, 0.25) is 0 Å². The van der Waals surface area contributed by atoms with E-state index in [4.69, 9.17) is 4.74 Å². The molecule has 124 valence electrons. The maximum atomic E-state index is 14.3. The van der Waals surface area contributed by atoms with Crippen molar-refractivity contribution in [1.82, 2.24) is 4.90 Å². The van der Waals surface area contributed by atoms with Crippen LogP contribution < -0.4 is 0 Å². The second kappa shape index (κ2) is 7.56. The number of hydrogen-bond donors (Lipinski definition) is 0. The van der Waals surface area contributed by atoms with Gasteiger partial charge in [0.05, 0.1) is 12.1 Å². The Balaban J connectivity index is 1.94. The molecule has 22 heavy (non-hydrogen) atoms. The van der Waals surface area contributed by atoms with E-state index in [0.29, 0.717) is 12.5 Å². The fourth-order valence-corrected chi connectivity index (χ4v) is 3.68. The number of likely N-dealkylation sites (tertiary alicyclic amines) is 1. The normalized spacial score (nSPS) is 32.5. The first kappa shape index (κ1) is 17.4. The third kappa shape index (κ3) is 3.88. The Kier molecular flexibility index (Phi) is 5.99. The van der Waals surface area contributed by atoms with Crippen LogP contribution in [0.1, 0.15) is 40.0 Å². The third-order valence-electron chi connectivity index (χ3n) is 5.35. The van der Waals surface area contributed by atoms with Crippen molar-refractivity contribution in [2.75, 3.05) is 26.3 Å². The summed E-state index contributed by atoms with van der Waals surface area (Å²) in [5.41, 5.74) is 2.12. The Bertz CT molecular complexity index is 448. The molecule has 0 aromatic carbocycles. The Morgan fingerprint density at radius 2 is 2.05 bits per heavy atom. The van der Waals surface area contributed by atoms with E-state index in [1.807, 2.05) is 19.1 Å². The summed E-state index contributed by atoms with van der Waals surface area (Å²) in [6.07, 6.45) is 8.38. The minimum absolute atomic E-state index is 0.249. The summed E-state index contributed by atoms with van der Waals surface area (Å²) in [5.74, 6) is 0.597. The molecule has 0 N–H and O–H groups in total. The molecule has 2 aliphatic rings. The number of halogens is 1. The fraction of sp³-hybridized carbons (Fsp3) is 0.684. The van der Waals surface area contributed by atoms with Crippen molar-refractivity contribution in [2.24, 2.45) is 5.92 Å². The van der Waals surface area contributed by atoms with Gasteiger partial charge in [-0.25, -0.2) is 4.39 Å². The van der Waals surface area contributed by atoms with E-state index < -0.39 is 6.17 Å². The van der Waals surface area contributed by atoms with Gasteiger partial charge in [0.15, 0.2) is 0 Å². The number of piperidine rings is 1. The fourth-order valence-electron chi connectivity index (χ4n) is 3.68. The molecule has 0 bridgehead atoms. The molecule has 0 spiro atoms. The van der Waals surface area contributed by atoms with Gasteiger partial charge in [-0.2, -0.15) is 0 Å². The summed E-state index contributed by atoms with van der Waals surface area (Å²) >= 11 is 0. The van der Waals surface area contributed by atoms with Gasteiger partial charge in [-0.05, 0) is 64.6 Å². The zero-order valence-corrected chi connectivity index (χ0v) is 14.3. The van der Waals surface area contributed by atoms with E-state index in [2.05, 4.69) is 31.4 Å². The Morgan fingerprint density at radius 3 is 2.64 bits per heavy atom. The Morgan fingerprint density at radius 1 is 1.36 bits per heavy atom. The summed E-state index contributed by atoms with van der Waals surface area (Å²) in [5, 5.41) is 0. The van der Waals surface area contributed by atoms with E-state index in [1.54, 1.807) is 0 Å². The number of alkyl halides is 1. The minimum atomic E-state index is -0.871. The van der Waals surface area contributed by atoms with Gasteiger partial charge in [0.1, 0.15) is 6.17 Å². The first-order chi connectivity index (χ1) is 10.5.